The number of quaternary nitrogens is 1. The number of rotatable bonds is 16. The minimum Gasteiger partial charge on any atom is -1.00 e. The number of halogens is 1. The van der Waals surface area contributed by atoms with Crippen LogP contribution in [0.4, 0.5) is 0 Å². The van der Waals surface area contributed by atoms with Crippen LogP contribution in [0.5, 0.6) is 5.75 Å². The number of ether oxygens (including phenoxy) is 2. The van der Waals surface area contributed by atoms with Gasteiger partial charge in [0.2, 0.25) is 5.56 Å². The van der Waals surface area contributed by atoms with Gasteiger partial charge in [0.15, 0.2) is 0 Å². The quantitative estimate of drug-likeness (QED) is 0.108. The highest BCUT2D eigenvalue weighted by Crippen LogP contribution is 2.42. The standard InChI is InChI=1S/C42H57N3O6.BrH/c1-30(43-26-39(47)31(2)37-17-18-41(48)44-38(37)28-46)25-32-13-15-36(16-14-32)50-24-8-21-45-22-19-33(20-23-45)40(27-45)51-29-42(49,35-11-6-7-12-35)34-9-4-3-5-10-34;/h3-5,9-10,13-18,28,30,33,35,39-40,43,47,49H,6-8,11-12,19-27,29H2,1-2H3,(H-,44,46,48);1H/b37-31+,38-28-;/t30-,33?,39+,40+,42-,45?;/m1./s1. The zero-order valence-corrected chi connectivity index (χ0v) is 32.4. The molecule has 2 aromatic carbocycles. The summed E-state index contributed by atoms with van der Waals surface area (Å²) in [5.41, 5.74) is 1.63. The maximum atomic E-state index is 12.0. The Bertz CT molecular complexity index is 1740. The summed E-state index contributed by atoms with van der Waals surface area (Å²) in [4.78, 5) is 14.2. The van der Waals surface area contributed by atoms with Gasteiger partial charge in [0.1, 0.15) is 30.3 Å². The number of fused-ring (bicyclic) bond motifs is 3. The Labute approximate surface area is 318 Å². The number of hydrogen-bond donors (Lipinski definition) is 5. The fraction of sp³-hybridized carbons (Fsp3) is 0.548. The predicted molar refractivity (Wildman–Crippen MR) is 201 cm³/mol. The fourth-order valence-corrected chi connectivity index (χ4v) is 8.84. The Morgan fingerprint density at radius 1 is 1.04 bits per heavy atom. The first-order valence-electron chi connectivity index (χ1n) is 19.1. The molecule has 1 aromatic heterocycles. The molecule has 3 aromatic rings. The van der Waals surface area contributed by atoms with Crippen LogP contribution in [0.15, 0.2) is 71.5 Å². The number of H-pyrrole nitrogens is 1. The molecule has 3 saturated heterocycles. The molecule has 52 heavy (non-hydrogen) atoms. The van der Waals surface area contributed by atoms with Crippen molar-refractivity contribution >= 4 is 11.8 Å². The minimum absolute atomic E-state index is 0. The van der Waals surface area contributed by atoms with Crippen molar-refractivity contribution in [3.8, 4) is 5.75 Å². The van der Waals surface area contributed by atoms with Gasteiger partial charge in [-0.3, -0.25) is 4.79 Å². The molecule has 10 heteroatoms. The number of aliphatic hydroxyl groups excluding tert-OH is 2. The first-order valence-corrected chi connectivity index (χ1v) is 19.1. The molecule has 1 aliphatic carbocycles. The van der Waals surface area contributed by atoms with Crippen LogP contribution in [0.25, 0.3) is 11.8 Å². The molecule has 2 bridgehead atoms. The number of aliphatic hydroxyl groups is 3. The van der Waals surface area contributed by atoms with E-state index < -0.39 is 11.7 Å². The lowest BCUT2D eigenvalue weighted by molar-refractivity contribution is -0.946. The lowest BCUT2D eigenvalue weighted by Gasteiger charge is -2.53. The van der Waals surface area contributed by atoms with Gasteiger partial charge in [-0.05, 0) is 73.9 Å². The lowest BCUT2D eigenvalue weighted by atomic mass is 9.80. The van der Waals surface area contributed by atoms with E-state index in [-0.39, 0.29) is 46.0 Å². The maximum Gasteiger partial charge on any atom is 0.248 e. The molecule has 4 heterocycles. The van der Waals surface area contributed by atoms with Gasteiger partial charge in [-0.25, -0.2) is 0 Å². The third kappa shape index (κ3) is 9.75. The Morgan fingerprint density at radius 3 is 2.44 bits per heavy atom. The highest BCUT2D eigenvalue weighted by atomic mass is 79.9. The molecule has 9 nitrogen and oxygen atoms in total. The van der Waals surface area contributed by atoms with E-state index in [2.05, 4.69) is 41.5 Å². The second-order valence-electron chi connectivity index (χ2n) is 15.5. The molecule has 0 amide bonds. The summed E-state index contributed by atoms with van der Waals surface area (Å²) >= 11 is 0. The van der Waals surface area contributed by atoms with Crippen LogP contribution in [-0.4, -0.2) is 89.0 Å². The number of hydrogen-bond acceptors (Lipinski definition) is 7. The van der Waals surface area contributed by atoms with Gasteiger partial charge in [0, 0.05) is 49.1 Å². The molecule has 3 aliphatic heterocycles. The van der Waals surface area contributed by atoms with Crippen molar-refractivity contribution in [3.63, 3.8) is 0 Å². The van der Waals surface area contributed by atoms with Crippen molar-refractivity contribution in [2.45, 2.75) is 89.1 Å². The normalized spacial score (nSPS) is 24.9. The first-order chi connectivity index (χ1) is 24.7. The highest BCUT2D eigenvalue weighted by Gasteiger charge is 2.48. The van der Waals surface area contributed by atoms with Crippen LogP contribution >= 0.6 is 0 Å². The van der Waals surface area contributed by atoms with Gasteiger partial charge < -0.3 is 56.6 Å². The molecule has 5 N–H and O–H groups in total. The molecule has 4 aliphatic rings. The van der Waals surface area contributed by atoms with Gasteiger partial charge in [-0.1, -0.05) is 55.3 Å². The second-order valence-corrected chi connectivity index (χ2v) is 15.5. The van der Waals surface area contributed by atoms with E-state index in [4.69, 9.17) is 9.47 Å². The van der Waals surface area contributed by atoms with Crippen LogP contribution in [0.1, 0.15) is 69.9 Å². The van der Waals surface area contributed by atoms with Gasteiger partial charge in [0.25, 0.3) is 0 Å². The number of piperidine rings is 3. The third-order valence-corrected chi connectivity index (χ3v) is 12.0. The molecule has 1 saturated carbocycles. The maximum absolute atomic E-state index is 12.0. The number of nitrogens with one attached hydrogen (secondary N) is 2. The Morgan fingerprint density at radius 2 is 1.75 bits per heavy atom. The van der Waals surface area contributed by atoms with Crippen molar-refractivity contribution in [1.82, 2.24) is 10.3 Å². The van der Waals surface area contributed by atoms with Crippen molar-refractivity contribution in [2.24, 2.45) is 11.8 Å². The van der Waals surface area contributed by atoms with Crippen molar-refractivity contribution in [3.05, 3.63) is 98.8 Å². The molecular formula is C42H58BrN3O6. The van der Waals surface area contributed by atoms with Crippen molar-refractivity contribution in [1.29, 1.82) is 0 Å². The van der Waals surface area contributed by atoms with E-state index in [1.807, 2.05) is 30.3 Å². The summed E-state index contributed by atoms with van der Waals surface area (Å²) < 4.78 is 14.0. The summed E-state index contributed by atoms with van der Waals surface area (Å²) in [6.45, 7) is 9.84. The van der Waals surface area contributed by atoms with E-state index in [9.17, 15) is 20.1 Å². The molecule has 7 rings (SSSR count). The average Bonchev–Trinajstić information content (AvgIpc) is 3.72. The minimum atomic E-state index is -0.912. The fourth-order valence-electron chi connectivity index (χ4n) is 8.84. The molecule has 0 unspecified atom stereocenters. The molecule has 4 fully saturated rings. The lowest BCUT2D eigenvalue weighted by Crippen LogP contribution is -3.00. The number of benzene rings is 2. The monoisotopic (exact) mass is 779 g/mol. The van der Waals surface area contributed by atoms with Gasteiger partial charge >= 0.3 is 0 Å². The third-order valence-electron chi connectivity index (χ3n) is 12.0. The van der Waals surface area contributed by atoms with E-state index >= 15 is 0 Å². The number of aromatic nitrogens is 1. The van der Waals surface area contributed by atoms with E-state index in [0.717, 1.165) is 60.8 Å². The van der Waals surface area contributed by atoms with Gasteiger partial charge in [0.05, 0.1) is 44.3 Å². The smallest absolute Gasteiger partial charge is 0.248 e. The van der Waals surface area contributed by atoms with E-state index in [1.54, 1.807) is 13.0 Å². The van der Waals surface area contributed by atoms with Gasteiger partial charge in [-0.2, -0.15) is 0 Å². The number of pyridine rings is 1. The van der Waals surface area contributed by atoms with Crippen LogP contribution in [0.3, 0.4) is 0 Å². The van der Waals surface area contributed by atoms with Crippen LogP contribution < -0.4 is 43.2 Å². The zero-order chi connectivity index (χ0) is 35.8. The largest absolute Gasteiger partial charge is 1.00 e. The predicted octanol–water partition coefficient (Wildman–Crippen LogP) is 0.900. The molecule has 4 atom stereocenters. The SMILES string of the molecule is C/C(=c1/ccc(=O)[nH]/c1=C\O)[C@@H](O)CN[C@H](C)Cc1ccc(OCCC[N+]23CCC(CC2)[C@@H](OC[C@@](O)(c2ccccc2)C2CCCC2)C3)cc1.[Br-]. The van der Waals surface area contributed by atoms with Crippen molar-refractivity contribution in [2.75, 3.05) is 45.9 Å². The van der Waals surface area contributed by atoms with E-state index in [0.29, 0.717) is 36.5 Å². The number of aromatic amines is 1. The topological polar surface area (TPSA) is 124 Å². The summed E-state index contributed by atoms with van der Waals surface area (Å²) in [7, 11) is 0. The van der Waals surface area contributed by atoms with Crippen molar-refractivity contribution < 1.29 is 46.3 Å². The average molecular weight is 781 g/mol. The zero-order valence-electron chi connectivity index (χ0n) is 30.8. The summed E-state index contributed by atoms with van der Waals surface area (Å²) in [5, 5.41) is 36.6. The van der Waals surface area contributed by atoms with Crippen LogP contribution in [0.2, 0.25) is 0 Å². The Hall–Kier alpha value is -2.99. The van der Waals surface area contributed by atoms with Crippen LogP contribution in [0, 0.1) is 11.8 Å². The summed E-state index contributed by atoms with van der Waals surface area (Å²) in [6.07, 6.45) is 8.99. The summed E-state index contributed by atoms with van der Waals surface area (Å²) in [5.74, 6) is 1.73. The molecule has 284 valence electrons. The van der Waals surface area contributed by atoms with Crippen LogP contribution in [-0.2, 0) is 16.8 Å². The summed E-state index contributed by atoms with van der Waals surface area (Å²) in [6, 6.07) is 21.6. The Balaban J connectivity index is 0.00000523. The Kier molecular flexibility index (Phi) is 14.2. The molecule has 0 spiro atoms. The highest BCUT2D eigenvalue weighted by molar-refractivity contribution is 5.46. The molecule has 0 radical (unpaired) electrons. The van der Waals surface area contributed by atoms with Gasteiger partial charge in [-0.15, -0.1) is 0 Å². The van der Waals surface area contributed by atoms with E-state index in [1.165, 1.54) is 50.4 Å². The second kappa shape index (κ2) is 18.4. The molecular weight excluding hydrogens is 722 g/mol. The number of nitrogens with zero attached hydrogens (tertiary/aromatic N) is 1. The first kappa shape index (κ1) is 40.2.